The van der Waals surface area contributed by atoms with Gasteiger partial charge < -0.3 is 5.32 Å². The molecule has 2 heterocycles. The monoisotopic (exact) mass is 278 g/mol. The average molecular weight is 278 g/mol. The molecule has 19 heavy (non-hydrogen) atoms. The first kappa shape index (κ1) is 13.6. The standard InChI is InChI=1S/C16H26N2S/c1-3-5-14-10-18(11-15-6-4-9-19-15)16(2,12-17-14)13-7-8-13/h4,6,9,13-14,17H,3,5,7-8,10-12H2,1-2H3. The van der Waals surface area contributed by atoms with Crippen molar-refractivity contribution < 1.29 is 0 Å². The first-order chi connectivity index (χ1) is 9.22. The Morgan fingerprint density at radius 3 is 2.95 bits per heavy atom. The molecule has 1 aliphatic heterocycles. The maximum Gasteiger partial charge on any atom is 0.0338 e. The van der Waals surface area contributed by atoms with Gasteiger partial charge in [-0.15, -0.1) is 11.3 Å². The van der Waals surface area contributed by atoms with E-state index in [0.29, 0.717) is 11.6 Å². The molecule has 2 aliphatic rings. The SMILES string of the molecule is CCCC1CN(Cc2cccs2)C(C)(C2CC2)CN1. The van der Waals surface area contributed by atoms with E-state index in [1.165, 1.54) is 43.6 Å². The van der Waals surface area contributed by atoms with Gasteiger partial charge in [0, 0.05) is 36.1 Å². The van der Waals surface area contributed by atoms with Gasteiger partial charge in [-0.25, -0.2) is 0 Å². The van der Waals surface area contributed by atoms with Crippen LogP contribution >= 0.6 is 11.3 Å². The molecule has 2 fully saturated rings. The number of nitrogens with zero attached hydrogens (tertiary/aromatic N) is 1. The van der Waals surface area contributed by atoms with Crippen LogP contribution in [0.5, 0.6) is 0 Å². The Morgan fingerprint density at radius 2 is 2.32 bits per heavy atom. The van der Waals surface area contributed by atoms with Gasteiger partial charge in [0.25, 0.3) is 0 Å². The highest BCUT2D eigenvalue weighted by Gasteiger charge is 2.48. The molecule has 3 heteroatoms. The van der Waals surface area contributed by atoms with Gasteiger partial charge >= 0.3 is 0 Å². The van der Waals surface area contributed by atoms with Gasteiger partial charge in [0.1, 0.15) is 0 Å². The van der Waals surface area contributed by atoms with Crippen LogP contribution < -0.4 is 5.32 Å². The molecule has 1 N–H and O–H groups in total. The molecular weight excluding hydrogens is 252 g/mol. The molecule has 2 atom stereocenters. The van der Waals surface area contributed by atoms with Crippen LogP contribution in [0.15, 0.2) is 17.5 Å². The molecule has 0 amide bonds. The number of nitrogens with one attached hydrogen (secondary N) is 1. The van der Waals surface area contributed by atoms with Crippen molar-refractivity contribution in [2.24, 2.45) is 5.92 Å². The van der Waals surface area contributed by atoms with Crippen LogP contribution in [-0.4, -0.2) is 29.6 Å². The highest BCUT2D eigenvalue weighted by atomic mass is 32.1. The lowest BCUT2D eigenvalue weighted by Gasteiger charge is -2.48. The molecule has 0 aromatic carbocycles. The Labute approximate surface area is 121 Å². The summed E-state index contributed by atoms with van der Waals surface area (Å²) in [5.41, 5.74) is 0.383. The summed E-state index contributed by atoms with van der Waals surface area (Å²) < 4.78 is 0. The van der Waals surface area contributed by atoms with Crippen LogP contribution in [-0.2, 0) is 6.54 Å². The fraction of sp³-hybridized carbons (Fsp3) is 0.750. The summed E-state index contributed by atoms with van der Waals surface area (Å²) in [6.45, 7) is 8.31. The number of hydrogen-bond donors (Lipinski definition) is 1. The second-order valence-electron chi connectivity index (χ2n) is 6.46. The van der Waals surface area contributed by atoms with E-state index in [4.69, 9.17) is 0 Å². The molecule has 1 saturated heterocycles. The van der Waals surface area contributed by atoms with Crippen molar-refractivity contribution in [2.75, 3.05) is 13.1 Å². The van der Waals surface area contributed by atoms with Crippen molar-refractivity contribution in [1.82, 2.24) is 10.2 Å². The zero-order valence-electron chi connectivity index (χ0n) is 12.2. The van der Waals surface area contributed by atoms with Crippen molar-refractivity contribution in [1.29, 1.82) is 0 Å². The zero-order chi connectivity index (χ0) is 13.3. The number of piperazine rings is 1. The molecule has 1 aliphatic carbocycles. The summed E-state index contributed by atoms with van der Waals surface area (Å²) in [6.07, 6.45) is 5.45. The third-order valence-corrected chi connectivity index (χ3v) is 5.79. The van der Waals surface area contributed by atoms with Crippen LogP contribution in [0.1, 0.15) is 44.4 Å². The maximum absolute atomic E-state index is 3.80. The van der Waals surface area contributed by atoms with Gasteiger partial charge in [0.15, 0.2) is 0 Å². The number of rotatable bonds is 5. The quantitative estimate of drug-likeness (QED) is 0.887. The molecule has 1 saturated carbocycles. The van der Waals surface area contributed by atoms with Gasteiger partial charge in [0.2, 0.25) is 0 Å². The highest BCUT2D eigenvalue weighted by molar-refractivity contribution is 7.09. The average Bonchev–Trinajstić information content (AvgIpc) is 3.14. The van der Waals surface area contributed by atoms with E-state index in [2.05, 4.69) is 41.6 Å². The van der Waals surface area contributed by atoms with Crippen LogP contribution in [0.3, 0.4) is 0 Å². The lowest BCUT2D eigenvalue weighted by molar-refractivity contribution is 0.0268. The minimum absolute atomic E-state index is 0.383. The van der Waals surface area contributed by atoms with Gasteiger partial charge in [0.05, 0.1) is 0 Å². The van der Waals surface area contributed by atoms with E-state index in [1.807, 2.05) is 11.3 Å². The third kappa shape index (κ3) is 2.88. The van der Waals surface area contributed by atoms with Crippen molar-refractivity contribution in [2.45, 2.75) is 57.7 Å². The Kier molecular flexibility index (Phi) is 3.97. The third-order valence-electron chi connectivity index (χ3n) is 4.93. The molecular formula is C16H26N2S. The summed E-state index contributed by atoms with van der Waals surface area (Å²) in [4.78, 5) is 4.29. The van der Waals surface area contributed by atoms with Crippen LogP contribution in [0, 0.1) is 5.92 Å². The Bertz CT molecular complexity index is 399. The smallest absolute Gasteiger partial charge is 0.0338 e. The molecule has 2 nitrogen and oxygen atoms in total. The lowest BCUT2D eigenvalue weighted by Crippen LogP contribution is -2.63. The largest absolute Gasteiger partial charge is 0.311 e. The molecule has 0 radical (unpaired) electrons. The Morgan fingerprint density at radius 1 is 1.47 bits per heavy atom. The summed E-state index contributed by atoms with van der Waals surface area (Å²) in [7, 11) is 0. The number of hydrogen-bond acceptors (Lipinski definition) is 3. The van der Waals surface area contributed by atoms with E-state index in [1.54, 1.807) is 0 Å². The predicted octanol–water partition coefficient (Wildman–Crippen LogP) is 3.49. The van der Waals surface area contributed by atoms with Gasteiger partial charge in [-0.2, -0.15) is 0 Å². The minimum Gasteiger partial charge on any atom is -0.311 e. The fourth-order valence-electron chi connectivity index (χ4n) is 3.49. The van der Waals surface area contributed by atoms with Gasteiger partial charge in [-0.3, -0.25) is 4.90 Å². The summed E-state index contributed by atoms with van der Waals surface area (Å²) in [6, 6.07) is 5.16. The Balaban J connectivity index is 1.73. The molecule has 2 unspecified atom stereocenters. The highest BCUT2D eigenvalue weighted by Crippen LogP contribution is 2.44. The predicted molar refractivity (Wildman–Crippen MR) is 82.6 cm³/mol. The van der Waals surface area contributed by atoms with E-state index < -0.39 is 0 Å². The second kappa shape index (κ2) is 5.55. The summed E-state index contributed by atoms with van der Waals surface area (Å²) in [5, 5.41) is 6.01. The number of thiophene rings is 1. The summed E-state index contributed by atoms with van der Waals surface area (Å²) in [5.74, 6) is 0.919. The molecule has 3 rings (SSSR count). The lowest BCUT2D eigenvalue weighted by atomic mass is 9.88. The Hall–Kier alpha value is -0.380. The first-order valence-corrected chi connectivity index (χ1v) is 8.61. The molecule has 1 aromatic rings. The maximum atomic E-state index is 3.80. The minimum atomic E-state index is 0.383. The second-order valence-corrected chi connectivity index (χ2v) is 7.49. The molecule has 0 bridgehead atoms. The van der Waals surface area contributed by atoms with Gasteiger partial charge in [-0.1, -0.05) is 19.4 Å². The molecule has 0 spiro atoms. The van der Waals surface area contributed by atoms with E-state index >= 15 is 0 Å². The van der Waals surface area contributed by atoms with E-state index in [-0.39, 0.29) is 0 Å². The van der Waals surface area contributed by atoms with E-state index in [9.17, 15) is 0 Å². The first-order valence-electron chi connectivity index (χ1n) is 7.73. The van der Waals surface area contributed by atoms with Crippen LogP contribution in [0.2, 0.25) is 0 Å². The normalized spacial score (nSPS) is 32.6. The molecule has 106 valence electrons. The zero-order valence-corrected chi connectivity index (χ0v) is 13.0. The van der Waals surface area contributed by atoms with Crippen molar-refractivity contribution in [3.63, 3.8) is 0 Å². The van der Waals surface area contributed by atoms with E-state index in [0.717, 1.165) is 12.5 Å². The molecule has 1 aromatic heterocycles. The van der Waals surface area contributed by atoms with Crippen molar-refractivity contribution in [3.8, 4) is 0 Å². The van der Waals surface area contributed by atoms with Gasteiger partial charge in [-0.05, 0) is 43.6 Å². The summed E-state index contributed by atoms with van der Waals surface area (Å²) >= 11 is 1.90. The van der Waals surface area contributed by atoms with Crippen LogP contribution in [0.25, 0.3) is 0 Å². The van der Waals surface area contributed by atoms with Crippen molar-refractivity contribution >= 4 is 11.3 Å². The topological polar surface area (TPSA) is 15.3 Å². The fourth-order valence-corrected chi connectivity index (χ4v) is 4.21. The van der Waals surface area contributed by atoms with Crippen molar-refractivity contribution in [3.05, 3.63) is 22.4 Å². The van der Waals surface area contributed by atoms with Crippen LogP contribution in [0.4, 0.5) is 0 Å².